The average Bonchev–Trinajstić information content (AvgIpc) is 2.59. The molecule has 0 aliphatic heterocycles. The van der Waals surface area contributed by atoms with E-state index in [0.717, 1.165) is 0 Å². The predicted octanol–water partition coefficient (Wildman–Crippen LogP) is 4.54. The average molecular weight is 356 g/mol. The number of carboxylic acid groups (broad SMARTS) is 1. The quantitative estimate of drug-likeness (QED) is 0.707. The second-order valence-electron chi connectivity index (χ2n) is 5.43. The standard InChI is InChI=1S/C18H16F4O3/c19-17(20)18(21,22)11-14(16(23)24)25-15(12-7-3-1-4-8-12)13-9-5-2-6-10-13/h1-10,14-15,17H,11H2,(H,23,24). The third kappa shape index (κ3) is 5.03. The molecule has 0 aromatic heterocycles. The molecular weight excluding hydrogens is 340 g/mol. The Bertz CT molecular complexity index is 638. The monoisotopic (exact) mass is 356 g/mol. The van der Waals surface area contributed by atoms with Crippen LogP contribution in [0.2, 0.25) is 0 Å². The number of carbonyl (C=O) groups is 1. The summed E-state index contributed by atoms with van der Waals surface area (Å²) >= 11 is 0. The Morgan fingerprint density at radius 2 is 1.40 bits per heavy atom. The lowest BCUT2D eigenvalue weighted by Gasteiger charge is -2.26. The van der Waals surface area contributed by atoms with Crippen LogP contribution in [-0.2, 0) is 9.53 Å². The van der Waals surface area contributed by atoms with Gasteiger partial charge in [0, 0.05) is 0 Å². The van der Waals surface area contributed by atoms with Gasteiger partial charge in [0.05, 0.1) is 6.42 Å². The van der Waals surface area contributed by atoms with E-state index >= 15 is 0 Å². The highest BCUT2D eigenvalue weighted by molar-refractivity contribution is 5.72. The molecule has 2 rings (SSSR count). The predicted molar refractivity (Wildman–Crippen MR) is 82.8 cm³/mol. The first-order valence-electron chi connectivity index (χ1n) is 7.45. The maximum atomic E-state index is 13.3. The van der Waals surface area contributed by atoms with E-state index in [-0.39, 0.29) is 0 Å². The van der Waals surface area contributed by atoms with Gasteiger partial charge in [-0.05, 0) is 11.1 Å². The SMILES string of the molecule is O=C(O)C(CC(F)(F)C(F)F)OC(c1ccccc1)c1ccccc1. The van der Waals surface area contributed by atoms with Gasteiger partial charge in [0.25, 0.3) is 0 Å². The van der Waals surface area contributed by atoms with Crippen LogP contribution in [0.4, 0.5) is 17.6 Å². The Morgan fingerprint density at radius 1 is 0.960 bits per heavy atom. The number of aliphatic carboxylic acids is 1. The van der Waals surface area contributed by atoms with Crippen LogP contribution >= 0.6 is 0 Å². The van der Waals surface area contributed by atoms with E-state index in [4.69, 9.17) is 9.84 Å². The number of ether oxygens (including phenoxy) is 1. The fourth-order valence-corrected chi connectivity index (χ4v) is 2.30. The van der Waals surface area contributed by atoms with Crippen molar-refractivity contribution in [2.45, 2.75) is 31.0 Å². The lowest BCUT2D eigenvalue weighted by molar-refractivity contribution is -0.178. The highest BCUT2D eigenvalue weighted by atomic mass is 19.3. The summed E-state index contributed by atoms with van der Waals surface area (Å²) in [6.07, 6.45) is -8.65. The summed E-state index contributed by atoms with van der Waals surface area (Å²) < 4.78 is 56.8. The van der Waals surface area contributed by atoms with Gasteiger partial charge < -0.3 is 9.84 Å². The van der Waals surface area contributed by atoms with Gasteiger partial charge in [0.15, 0.2) is 6.10 Å². The molecule has 3 nitrogen and oxygen atoms in total. The fourth-order valence-electron chi connectivity index (χ4n) is 2.30. The molecule has 0 spiro atoms. The normalized spacial score (nSPS) is 13.2. The van der Waals surface area contributed by atoms with Crippen molar-refractivity contribution >= 4 is 5.97 Å². The molecule has 0 aliphatic carbocycles. The van der Waals surface area contributed by atoms with Crippen molar-refractivity contribution in [3.05, 3.63) is 71.8 Å². The van der Waals surface area contributed by atoms with E-state index in [1.807, 2.05) is 0 Å². The van der Waals surface area contributed by atoms with Crippen LogP contribution in [0.1, 0.15) is 23.7 Å². The first-order valence-corrected chi connectivity index (χ1v) is 7.45. The molecule has 0 amide bonds. The van der Waals surface area contributed by atoms with Gasteiger partial charge in [-0.1, -0.05) is 60.7 Å². The zero-order valence-corrected chi connectivity index (χ0v) is 13.0. The smallest absolute Gasteiger partial charge is 0.333 e. The summed E-state index contributed by atoms with van der Waals surface area (Å²) in [6, 6.07) is 16.7. The summed E-state index contributed by atoms with van der Waals surface area (Å²) in [5.41, 5.74) is 1.06. The van der Waals surface area contributed by atoms with Crippen molar-refractivity contribution in [3.63, 3.8) is 0 Å². The molecule has 7 heteroatoms. The Balaban J connectivity index is 2.32. The zero-order chi connectivity index (χ0) is 18.4. The minimum atomic E-state index is -4.46. The molecule has 2 aromatic rings. The van der Waals surface area contributed by atoms with Crippen molar-refractivity contribution in [2.75, 3.05) is 0 Å². The van der Waals surface area contributed by atoms with Crippen LogP contribution in [-0.4, -0.2) is 29.5 Å². The number of carboxylic acids is 1. The van der Waals surface area contributed by atoms with Crippen molar-refractivity contribution in [2.24, 2.45) is 0 Å². The molecule has 0 saturated carbocycles. The van der Waals surface area contributed by atoms with Crippen LogP contribution < -0.4 is 0 Å². The molecule has 2 aromatic carbocycles. The number of halogens is 4. The molecular formula is C18H16F4O3. The van der Waals surface area contributed by atoms with E-state index in [1.54, 1.807) is 60.7 Å². The zero-order valence-electron chi connectivity index (χ0n) is 13.0. The lowest BCUT2D eigenvalue weighted by Crippen LogP contribution is -2.37. The summed E-state index contributed by atoms with van der Waals surface area (Å²) in [5.74, 6) is -6.18. The fraction of sp³-hybridized carbons (Fsp3) is 0.278. The molecule has 25 heavy (non-hydrogen) atoms. The van der Waals surface area contributed by atoms with Gasteiger partial charge in [0.2, 0.25) is 0 Å². The molecule has 0 aliphatic rings. The van der Waals surface area contributed by atoms with E-state index in [2.05, 4.69) is 0 Å². The minimum Gasteiger partial charge on any atom is -0.479 e. The van der Waals surface area contributed by atoms with Gasteiger partial charge in [-0.2, -0.15) is 0 Å². The number of hydrogen-bond donors (Lipinski definition) is 1. The molecule has 0 bridgehead atoms. The summed E-state index contributed by atoms with van der Waals surface area (Å²) in [5, 5.41) is 9.16. The second-order valence-corrected chi connectivity index (χ2v) is 5.43. The number of benzene rings is 2. The van der Waals surface area contributed by atoms with Crippen LogP contribution in [0.15, 0.2) is 60.7 Å². The van der Waals surface area contributed by atoms with E-state index < -0.39 is 36.9 Å². The molecule has 0 saturated heterocycles. The molecule has 0 heterocycles. The van der Waals surface area contributed by atoms with Crippen LogP contribution in [0, 0.1) is 0 Å². The number of alkyl halides is 4. The Hall–Kier alpha value is -2.41. The van der Waals surface area contributed by atoms with Crippen molar-refractivity contribution in [1.29, 1.82) is 0 Å². The first kappa shape index (κ1) is 18.9. The van der Waals surface area contributed by atoms with E-state index in [9.17, 15) is 22.4 Å². The van der Waals surface area contributed by atoms with Gasteiger partial charge >= 0.3 is 18.3 Å². The third-order valence-electron chi connectivity index (χ3n) is 3.56. The maximum absolute atomic E-state index is 13.3. The minimum absolute atomic E-state index is 0.528. The molecule has 134 valence electrons. The Kier molecular flexibility index (Phi) is 6.14. The maximum Gasteiger partial charge on any atom is 0.333 e. The highest BCUT2D eigenvalue weighted by Crippen LogP contribution is 2.33. The van der Waals surface area contributed by atoms with E-state index in [0.29, 0.717) is 11.1 Å². The summed E-state index contributed by atoms with van der Waals surface area (Å²) in [6.45, 7) is 0. The first-order chi connectivity index (χ1) is 11.8. The van der Waals surface area contributed by atoms with Gasteiger partial charge in [-0.15, -0.1) is 0 Å². The largest absolute Gasteiger partial charge is 0.479 e. The molecule has 1 unspecified atom stereocenters. The van der Waals surface area contributed by atoms with Crippen molar-refractivity contribution < 1.29 is 32.2 Å². The van der Waals surface area contributed by atoms with Crippen LogP contribution in [0.5, 0.6) is 0 Å². The second kappa shape index (κ2) is 8.11. The highest BCUT2D eigenvalue weighted by Gasteiger charge is 2.45. The molecule has 1 N–H and O–H groups in total. The van der Waals surface area contributed by atoms with Crippen LogP contribution in [0.25, 0.3) is 0 Å². The number of rotatable bonds is 8. The van der Waals surface area contributed by atoms with Gasteiger partial charge in [0.1, 0.15) is 6.10 Å². The Morgan fingerprint density at radius 3 is 1.76 bits per heavy atom. The summed E-state index contributed by atoms with van der Waals surface area (Å²) in [7, 11) is 0. The molecule has 0 radical (unpaired) electrons. The number of hydrogen-bond acceptors (Lipinski definition) is 2. The lowest BCUT2D eigenvalue weighted by atomic mass is 10.0. The van der Waals surface area contributed by atoms with Crippen molar-refractivity contribution in [1.82, 2.24) is 0 Å². The topological polar surface area (TPSA) is 46.5 Å². The van der Waals surface area contributed by atoms with E-state index in [1.165, 1.54) is 0 Å². The van der Waals surface area contributed by atoms with Gasteiger partial charge in [-0.3, -0.25) is 0 Å². The Labute approximate surface area is 141 Å². The van der Waals surface area contributed by atoms with Gasteiger partial charge in [-0.25, -0.2) is 22.4 Å². The molecule has 1 atom stereocenters. The van der Waals surface area contributed by atoms with Crippen LogP contribution in [0.3, 0.4) is 0 Å². The van der Waals surface area contributed by atoms with Crippen molar-refractivity contribution in [3.8, 4) is 0 Å². The third-order valence-corrected chi connectivity index (χ3v) is 3.56. The summed E-state index contributed by atoms with van der Waals surface area (Å²) in [4.78, 5) is 11.3. The molecule has 0 fully saturated rings.